The number of benzene rings is 1. The lowest BCUT2D eigenvalue weighted by Gasteiger charge is -2.10. The van der Waals surface area contributed by atoms with Crippen LogP contribution in [0.2, 0.25) is 5.02 Å². The molecule has 4 heteroatoms. The highest BCUT2D eigenvalue weighted by atomic mass is 35.5. The fraction of sp³-hybridized carbons (Fsp3) is 0.455. The maximum atomic E-state index is 13.1. The minimum atomic E-state index is -0.676. The average molecular weight is 232 g/mol. The van der Waals surface area contributed by atoms with Crippen LogP contribution in [0, 0.1) is 11.6 Å². The zero-order chi connectivity index (χ0) is 10.8. The molecule has 0 amide bonds. The molecule has 1 saturated heterocycles. The normalized spacial score (nSPS) is 20.9. The Kier molecular flexibility index (Phi) is 3.22. The first-order valence-corrected chi connectivity index (χ1v) is 5.41. The third-order valence-electron chi connectivity index (χ3n) is 2.69. The zero-order valence-corrected chi connectivity index (χ0v) is 8.95. The smallest absolute Gasteiger partial charge is 0.145 e. The molecule has 1 atom stereocenters. The second-order valence-electron chi connectivity index (χ2n) is 3.87. The maximum Gasteiger partial charge on any atom is 0.145 e. The van der Waals surface area contributed by atoms with Crippen molar-refractivity contribution >= 4 is 11.6 Å². The third-order valence-corrected chi connectivity index (χ3v) is 3.05. The first-order chi connectivity index (χ1) is 7.16. The summed E-state index contributed by atoms with van der Waals surface area (Å²) in [6.45, 7) is 0.989. The van der Waals surface area contributed by atoms with Crippen LogP contribution < -0.4 is 5.32 Å². The van der Waals surface area contributed by atoms with Gasteiger partial charge in [-0.25, -0.2) is 8.78 Å². The molecule has 2 rings (SSSR count). The fourth-order valence-corrected chi connectivity index (χ4v) is 2.05. The molecule has 82 valence electrons. The van der Waals surface area contributed by atoms with Gasteiger partial charge in [-0.1, -0.05) is 11.6 Å². The van der Waals surface area contributed by atoms with Crippen LogP contribution in [0.3, 0.4) is 0 Å². The van der Waals surface area contributed by atoms with Crippen molar-refractivity contribution in [2.45, 2.75) is 25.3 Å². The van der Waals surface area contributed by atoms with Crippen LogP contribution in [0.4, 0.5) is 8.78 Å². The van der Waals surface area contributed by atoms with Gasteiger partial charge in [0.25, 0.3) is 0 Å². The van der Waals surface area contributed by atoms with Crippen LogP contribution in [0.25, 0.3) is 0 Å². The Morgan fingerprint density at radius 3 is 2.53 bits per heavy atom. The highest BCUT2D eigenvalue weighted by Gasteiger charge is 2.16. The Morgan fingerprint density at radius 2 is 2.00 bits per heavy atom. The first-order valence-electron chi connectivity index (χ1n) is 5.03. The highest BCUT2D eigenvalue weighted by Crippen LogP contribution is 2.22. The molecule has 0 radical (unpaired) electrons. The molecule has 0 aromatic heterocycles. The molecular formula is C11H12ClF2N. The van der Waals surface area contributed by atoms with Gasteiger partial charge in [0.1, 0.15) is 16.7 Å². The molecule has 1 aliphatic rings. The van der Waals surface area contributed by atoms with E-state index in [1.165, 1.54) is 12.1 Å². The molecule has 1 N–H and O–H groups in total. The predicted octanol–water partition coefficient (Wildman–Crippen LogP) is 2.91. The van der Waals surface area contributed by atoms with Gasteiger partial charge in [0.05, 0.1) is 0 Å². The Morgan fingerprint density at radius 1 is 1.33 bits per heavy atom. The molecule has 1 aliphatic heterocycles. The van der Waals surface area contributed by atoms with Crippen LogP contribution in [-0.4, -0.2) is 12.6 Å². The topological polar surface area (TPSA) is 12.0 Å². The molecular weight excluding hydrogens is 220 g/mol. The van der Waals surface area contributed by atoms with E-state index in [9.17, 15) is 8.78 Å². The van der Waals surface area contributed by atoms with E-state index in [1.807, 2.05) is 0 Å². The van der Waals surface area contributed by atoms with E-state index in [2.05, 4.69) is 5.32 Å². The molecule has 0 spiro atoms. The van der Waals surface area contributed by atoms with Gasteiger partial charge in [0.2, 0.25) is 0 Å². The van der Waals surface area contributed by atoms with Gasteiger partial charge >= 0.3 is 0 Å². The lowest BCUT2D eigenvalue weighted by Crippen LogP contribution is -2.23. The van der Waals surface area contributed by atoms with Crippen molar-refractivity contribution in [1.82, 2.24) is 5.32 Å². The summed E-state index contributed by atoms with van der Waals surface area (Å²) >= 11 is 5.40. The van der Waals surface area contributed by atoms with Crippen molar-refractivity contribution in [3.05, 3.63) is 34.4 Å². The van der Waals surface area contributed by atoms with E-state index in [4.69, 9.17) is 11.6 Å². The standard InChI is InChI=1S/C11H12ClF2N/c12-11-9(13)5-7(6-10(11)14)4-8-2-1-3-15-8/h5-6,8,15H,1-4H2. The third kappa shape index (κ3) is 2.47. The molecule has 1 aromatic rings. The lowest BCUT2D eigenvalue weighted by atomic mass is 10.0. The molecule has 15 heavy (non-hydrogen) atoms. The highest BCUT2D eigenvalue weighted by molar-refractivity contribution is 6.30. The Hall–Kier alpha value is -0.670. The predicted molar refractivity (Wildman–Crippen MR) is 56.1 cm³/mol. The summed E-state index contributed by atoms with van der Waals surface area (Å²) in [7, 11) is 0. The summed E-state index contributed by atoms with van der Waals surface area (Å²) < 4.78 is 26.2. The van der Waals surface area contributed by atoms with Gasteiger partial charge in [-0.05, 0) is 43.5 Å². The van der Waals surface area contributed by atoms with Crippen LogP contribution in [0.15, 0.2) is 12.1 Å². The molecule has 1 heterocycles. The summed E-state index contributed by atoms with van der Waals surface area (Å²) in [5.41, 5.74) is 0.661. The van der Waals surface area contributed by atoms with E-state index in [-0.39, 0.29) is 0 Å². The lowest BCUT2D eigenvalue weighted by molar-refractivity contribution is 0.566. The molecule has 0 aliphatic carbocycles. The van der Waals surface area contributed by atoms with Crippen molar-refractivity contribution in [2.75, 3.05) is 6.54 Å². The monoisotopic (exact) mass is 231 g/mol. The number of rotatable bonds is 2. The first kappa shape index (κ1) is 10.8. The summed E-state index contributed by atoms with van der Waals surface area (Å²) in [5.74, 6) is -1.35. The van der Waals surface area contributed by atoms with Crippen molar-refractivity contribution in [3.63, 3.8) is 0 Å². The van der Waals surface area contributed by atoms with E-state index < -0.39 is 16.7 Å². The van der Waals surface area contributed by atoms with Crippen LogP contribution in [0.1, 0.15) is 18.4 Å². The van der Waals surface area contributed by atoms with Gasteiger partial charge in [-0.2, -0.15) is 0 Å². The molecule has 1 aromatic carbocycles. The summed E-state index contributed by atoms with van der Waals surface area (Å²) in [4.78, 5) is 0. The van der Waals surface area contributed by atoms with E-state index in [0.717, 1.165) is 19.4 Å². The number of nitrogens with one attached hydrogen (secondary N) is 1. The average Bonchev–Trinajstić information content (AvgIpc) is 2.66. The SMILES string of the molecule is Fc1cc(CC2CCCN2)cc(F)c1Cl. The van der Waals surface area contributed by atoms with E-state index in [1.54, 1.807) is 0 Å². The van der Waals surface area contributed by atoms with Crippen molar-refractivity contribution < 1.29 is 8.78 Å². The van der Waals surface area contributed by atoms with Gasteiger partial charge < -0.3 is 5.32 Å². The summed E-state index contributed by atoms with van der Waals surface area (Å²) in [6, 6.07) is 2.96. The van der Waals surface area contributed by atoms with Gasteiger partial charge in [0.15, 0.2) is 0 Å². The molecule has 1 nitrogen and oxygen atoms in total. The Balaban J connectivity index is 2.14. The van der Waals surface area contributed by atoms with Crippen molar-refractivity contribution in [3.8, 4) is 0 Å². The van der Waals surface area contributed by atoms with Crippen LogP contribution in [0.5, 0.6) is 0 Å². The van der Waals surface area contributed by atoms with Crippen molar-refractivity contribution in [1.29, 1.82) is 0 Å². The minimum absolute atomic E-state index is 0.338. The minimum Gasteiger partial charge on any atom is -0.314 e. The van der Waals surface area contributed by atoms with Gasteiger partial charge in [-0.3, -0.25) is 0 Å². The van der Waals surface area contributed by atoms with Crippen LogP contribution >= 0.6 is 11.6 Å². The van der Waals surface area contributed by atoms with E-state index in [0.29, 0.717) is 18.0 Å². The molecule has 1 unspecified atom stereocenters. The van der Waals surface area contributed by atoms with Crippen molar-refractivity contribution in [2.24, 2.45) is 0 Å². The number of hydrogen-bond donors (Lipinski definition) is 1. The second-order valence-corrected chi connectivity index (χ2v) is 4.25. The Labute approximate surface area is 92.4 Å². The van der Waals surface area contributed by atoms with Gasteiger partial charge in [-0.15, -0.1) is 0 Å². The largest absolute Gasteiger partial charge is 0.314 e. The fourth-order valence-electron chi connectivity index (χ4n) is 1.94. The summed E-state index contributed by atoms with van der Waals surface area (Å²) in [6.07, 6.45) is 2.85. The Bertz CT molecular complexity index is 339. The molecule has 1 fully saturated rings. The van der Waals surface area contributed by atoms with Crippen LogP contribution in [-0.2, 0) is 6.42 Å². The second kappa shape index (κ2) is 4.45. The number of hydrogen-bond acceptors (Lipinski definition) is 1. The summed E-state index contributed by atoms with van der Waals surface area (Å²) in [5, 5.41) is 2.86. The molecule has 0 saturated carbocycles. The zero-order valence-electron chi connectivity index (χ0n) is 8.19. The number of halogens is 3. The quantitative estimate of drug-likeness (QED) is 0.772. The van der Waals surface area contributed by atoms with Gasteiger partial charge in [0, 0.05) is 6.04 Å². The molecule has 0 bridgehead atoms. The van der Waals surface area contributed by atoms with E-state index >= 15 is 0 Å². The maximum absolute atomic E-state index is 13.1.